The van der Waals surface area contributed by atoms with E-state index in [-0.39, 0.29) is 11.3 Å². The summed E-state index contributed by atoms with van der Waals surface area (Å²) in [5.74, 6) is -0.495. The number of allylic oxidation sites excluding steroid dienone is 1. The fourth-order valence-corrected chi connectivity index (χ4v) is 1.11. The molecule has 0 spiro atoms. The van der Waals surface area contributed by atoms with E-state index in [0.717, 1.165) is 12.1 Å². The van der Waals surface area contributed by atoms with E-state index in [4.69, 9.17) is 5.11 Å². The summed E-state index contributed by atoms with van der Waals surface area (Å²) < 4.78 is 50.5. The zero-order chi connectivity index (χ0) is 14.5. The van der Waals surface area contributed by atoms with E-state index in [0.29, 0.717) is 6.08 Å². The quantitative estimate of drug-likeness (QED) is 0.440. The lowest BCUT2D eigenvalue weighted by Crippen LogP contribution is -2.31. The third-order valence-electron chi connectivity index (χ3n) is 2.04. The van der Waals surface area contributed by atoms with Crippen molar-refractivity contribution in [3.8, 4) is 0 Å². The smallest absolute Gasteiger partial charge is 0.392 e. The van der Waals surface area contributed by atoms with E-state index in [1.165, 1.54) is 12.1 Å². The number of hydrogen-bond acceptors (Lipinski definition) is 3. The van der Waals surface area contributed by atoms with Crippen LogP contribution in [0, 0.1) is 5.82 Å². The molecule has 0 fully saturated rings. The van der Waals surface area contributed by atoms with Gasteiger partial charge in [0.15, 0.2) is 0 Å². The second-order valence-corrected chi connectivity index (χ2v) is 3.63. The maximum atomic E-state index is 12.6. The highest BCUT2D eigenvalue weighted by molar-refractivity contribution is 5.42. The van der Waals surface area contributed by atoms with Crippen LogP contribution in [0.2, 0.25) is 0 Å². The van der Waals surface area contributed by atoms with E-state index in [1.807, 2.05) is 5.43 Å². The Balaban J connectivity index is 2.77. The SMILES string of the molecule is C=C(/C=C(\NNc1ccc(F)cc1)C(F)(F)F)CO. The summed E-state index contributed by atoms with van der Waals surface area (Å²) in [6, 6.07) is 4.76. The molecule has 0 aliphatic heterocycles. The first-order chi connectivity index (χ1) is 8.82. The van der Waals surface area contributed by atoms with Crippen molar-refractivity contribution in [1.82, 2.24) is 5.43 Å². The van der Waals surface area contributed by atoms with Crippen LogP contribution < -0.4 is 10.9 Å². The Labute approximate surface area is 107 Å². The van der Waals surface area contributed by atoms with Crippen LogP contribution in [0.25, 0.3) is 0 Å². The zero-order valence-electron chi connectivity index (χ0n) is 9.76. The molecule has 0 aromatic heterocycles. The summed E-state index contributed by atoms with van der Waals surface area (Å²) in [4.78, 5) is 0. The first-order valence-electron chi connectivity index (χ1n) is 5.18. The van der Waals surface area contributed by atoms with Gasteiger partial charge in [-0.1, -0.05) is 6.58 Å². The fourth-order valence-electron chi connectivity index (χ4n) is 1.11. The van der Waals surface area contributed by atoms with E-state index < -0.39 is 24.3 Å². The van der Waals surface area contributed by atoms with Gasteiger partial charge in [-0.3, -0.25) is 5.43 Å². The highest BCUT2D eigenvalue weighted by Gasteiger charge is 2.34. The molecule has 1 rings (SSSR count). The summed E-state index contributed by atoms with van der Waals surface area (Å²) in [5.41, 5.74) is 3.28. The van der Waals surface area contributed by atoms with Gasteiger partial charge in [-0.05, 0) is 35.9 Å². The van der Waals surface area contributed by atoms with E-state index >= 15 is 0 Å². The molecule has 0 aliphatic rings. The van der Waals surface area contributed by atoms with Crippen molar-refractivity contribution in [1.29, 1.82) is 0 Å². The average molecular weight is 276 g/mol. The molecule has 0 radical (unpaired) electrons. The van der Waals surface area contributed by atoms with Gasteiger partial charge in [0.25, 0.3) is 0 Å². The molecule has 0 unspecified atom stereocenters. The maximum absolute atomic E-state index is 12.6. The van der Waals surface area contributed by atoms with Gasteiger partial charge in [-0.15, -0.1) is 0 Å². The molecule has 0 heterocycles. The highest BCUT2D eigenvalue weighted by Crippen LogP contribution is 2.24. The molecule has 0 amide bonds. The summed E-state index contributed by atoms with van der Waals surface area (Å²) >= 11 is 0. The number of anilines is 1. The van der Waals surface area contributed by atoms with E-state index in [2.05, 4.69) is 12.0 Å². The van der Waals surface area contributed by atoms with Crippen LogP contribution in [0.15, 0.2) is 48.2 Å². The van der Waals surface area contributed by atoms with Gasteiger partial charge in [0.2, 0.25) is 0 Å². The highest BCUT2D eigenvalue weighted by atomic mass is 19.4. The summed E-state index contributed by atoms with van der Waals surface area (Å²) in [7, 11) is 0. The number of alkyl halides is 3. The minimum absolute atomic E-state index is 0.0965. The van der Waals surface area contributed by atoms with Gasteiger partial charge >= 0.3 is 6.18 Å². The van der Waals surface area contributed by atoms with Crippen LogP contribution in [-0.4, -0.2) is 17.9 Å². The Morgan fingerprint density at radius 1 is 1.26 bits per heavy atom. The van der Waals surface area contributed by atoms with E-state index in [9.17, 15) is 17.6 Å². The third kappa shape index (κ3) is 5.01. The summed E-state index contributed by atoms with van der Waals surface area (Å²) in [6.45, 7) is 2.66. The van der Waals surface area contributed by atoms with Gasteiger partial charge in [0.1, 0.15) is 11.5 Å². The van der Waals surface area contributed by atoms with Crippen LogP contribution in [-0.2, 0) is 0 Å². The maximum Gasteiger partial charge on any atom is 0.432 e. The lowest BCUT2D eigenvalue weighted by atomic mass is 10.2. The van der Waals surface area contributed by atoms with Gasteiger partial charge in [0, 0.05) is 0 Å². The topological polar surface area (TPSA) is 44.3 Å². The molecule has 104 valence electrons. The Kier molecular flexibility index (Phi) is 4.94. The average Bonchev–Trinajstić information content (AvgIpc) is 2.34. The molecule has 19 heavy (non-hydrogen) atoms. The zero-order valence-corrected chi connectivity index (χ0v) is 9.76. The Bertz CT molecular complexity index is 466. The van der Waals surface area contributed by atoms with Crippen molar-refractivity contribution >= 4 is 5.69 Å². The molecule has 7 heteroatoms. The molecule has 1 aromatic carbocycles. The number of halogens is 4. The van der Waals surface area contributed by atoms with Crippen molar-refractivity contribution in [3.05, 3.63) is 54.0 Å². The molecule has 0 saturated carbocycles. The molecular formula is C12H12F4N2O. The summed E-state index contributed by atoms with van der Waals surface area (Å²) in [6.07, 6.45) is -3.96. The molecule has 0 aliphatic carbocycles. The first kappa shape index (κ1) is 15.0. The molecule has 0 bridgehead atoms. The number of benzene rings is 1. The van der Waals surface area contributed by atoms with Crippen LogP contribution >= 0.6 is 0 Å². The predicted molar refractivity (Wildman–Crippen MR) is 63.5 cm³/mol. The van der Waals surface area contributed by atoms with Crippen molar-refractivity contribution < 1.29 is 22.7 Å². The Hall–Kier alpha value is -2.02. The molecule has 0 atom stereocenters. The Morgan fingerprint density at radius 3 is 2.32 bits per heavy atom. The number of nitrogens with one attached hydrogen (secondary N) is 2. The number of hydrazine groups is 1. The normalized spacial score (nSPS) is 12.2. The molecular weight excluding hydrogens is 264 g/mol. The monoisotopic (exact) mass is 276 g/mol. The standard InChI is InChI=1S/C12H12F4N2O/c1-8(7-19)6-11(12(14,15)16)18-17-10-4-2-9(13)3-5-10/h2-6,17-19H,1,7H2/b11-6-. The number of aliphatic hydroxyl groups excluding tert-OH is 1. The van der Waals surface area contributed by atoms with Crippen LogP contribution in [0.5, 0.6) is 0 Å². The first-order valence-corrected chi connectivity index (χ1v) is 5.18. The largest absolute Gasteiger partial charge is 0.432 e. The fraction of sp³-hybridized carbons (Fsp3) is 0.167. The van der Waals surface area contributed by atoms with Gasteiger partial charge in [-0.2, -0.15) is 13.2 Å². The second kappa shape index (κ2) is 6.24. The number of aliphatic hydroxyl groups is 1. The number of hydrogen-bond donors (Lipinski definition) is 3. The summed E-state index contributed by atoms with van der Waals surface area (Å²) in [5, 5.41) is 8.66. The van der Waals surface area contributed by atoms with Gasteiger partial charge < -0.3 is 10.5 Å². The lowest BCUT2D eigenvalue weighted by molar-refractivity contribution is -0.0961. The molecule has 1 aromatic rings. The molecule has 3 nitrogen and oxygen atoms in total. The Morgan fingerprint density at radius 2 is 1.84 bits per heavy atom. The third-order valence-corrected chi connectivity index (χ3v) is 2.04. The molecule has 3 N–H and O–H groups in total. The predicted octanol–water partition coefficient (Wildman–Crippen LogP) is 2.74. The van der Waals surface area contributed by atoms with Crippen LogP contribution in [0.4, 0.5) is 23.2 Å². The van der Waals surface area contributed by atoms with Crippen molar-refractivity contribution in [2.45, 2.75) is 6.18 Å². The molecule has 0 saturated heterocycles. The van der Waals surface area contributed by atoms with Crippen molar-refractivity contribution in [3.63, 3.8) is 0 Å². The van der Waals surface area contributed by atoms with Gasteiger partial charge in [0.05, 0.1) is 12.3 Å². The van der Waals surface area contributed by atoms with E-state index in [1.54, 1.807) is 0 Å². The van der Waals surface area contributed by atoms with Crippen molar-refractivity contribution in [2.24, 2.45) is 0 Å². The van der Waals surface area contributed by atoms with Crippen LogP contribution in [0.1, 0.15) is 0 Å². The van der Waals surface area contributed by atoms with Crippen LogP contribution in [0.3, 0.4) is 0 Å². The number of rotatable bonds is 5. The second-order valence-electron chi connectivity index (χ2n) is 3.63. The lowest BCUT2D eigenvalue weighted by Gasteiger charge is -2.16. The van der Waals surface area contributed by atoms with Crippen molar-refractivity contribution in [2.75, 3.05) is 12.0 Å². The van der Waals surface area contributed by atoms with Gasteiger partial charge in [-0.25, -0.2) is 4.39 Å². The minimum Gasteiger partial charge on any atom is -0.392 e. The minimum atomic E-state index is -4.63.